The molecule has 35 heavy (non-hydrogen) atoms. The van der Waals surface area contributed by atoms with Gasteiger partial charge in [-0.15, -0.1) is 0 Å². The fraction of sp³-hybridized carbons (Fsp3) is 0.963. The van der Waals surface area contributed by atoms with Gasteiger partial charge in [0.25, 0.3) is 0 Å². The molecule has 0 aromatic carbocycles. The van der Waals surface area contributed by atoms with Crippen LogP contribution < -0.4 is 0 Å². The summed E-state index contributed by atoms with van der Waals surface area (Å²) in [6.07, 6.45) is 21.7. The van der Waals surface area contributed by atoms with Crippen LogP contribution >= 0.6 is 19.4 Å². The number of carbonyl (C=O) groups is 1. The molecule has 0 aliphatic heterocycles. The first kappa shape index (κ1) is 34.9. The first-order valence-corrected chi connectivity index (χ1v) is 16.8. The quantitative estimate of drug-likeness (QED) is 0.0868. The molecule has 0 heterocycles. The van der Waals surface area contributed by atoms with E-state index in [2.05, 4.69) is 25.5 Å². The third-order valence-electron chi connectivity index (χ3n) is 6.29. The summed E-state index contributed by atoms with van der Waals surface area (Å²) < 4.78 is 26.8. The van der Waals surface area contributed by atoms with Gasteiger partial charge in [0, 0.05) is 11.9 Å². The Morgan fingerprint density at radius 3 is 1.86 bits per heavy atom. The molecule has 0 rings (SSSR count). The van der Waals surface area contributed by atoms with Crippen molar-refractivity contribution < 1.29 is 28.3 Å². The number of hydrogen-bond acceptors (Lipinski definition) is 6. The van der Waals surface area contributed by atoms with Crippen LogP contribution in [0.25, 0.3) is 0 Å². The van der Waals surface area contributed by atoms with E-state index in [1.165, 1.54) is 108 Å². The number of unbranched alkanes of at least 4 members (excludes halogenated alkanes) is 13. The highest BCUT2D eigenvalue weighted by atomic mass is 32.2. The lowest BCUT2D eigenvalue weighted by atomic mass is 10.1. The molecule has 8 heteroatoms. The molecular formula is C27H55O6PS. The minimum atomic E-state index is -4.35. The van der Waals surface area contributed by atoms with E-state index in [4.69, 9.17) is 9.26 Å². The molecule has 0 amide bonds. The van der Waals surface area contributed by atoms with Crippen molar-refractivity contribution in [2.75, 3.05) is 26.1 Å². The van der Waals surface area contributed by atoms with Crippen molar-refractivity contribution >= 4 is 25.1 Å². The van der Waals surface area contributed by atoms with Crippen LogP contribution in [0.2, 0.25) is 0 Å². The summed E-state index contributed by atoms with van der Waals surface area (Å²) in [4.78, 5) is 20.7. The molecule has 0 radical (unpaired) electrons. The van der Waals surface area contributed by atoms with Gasteiger partial charge in [0.2, 0.25) is 0 Å². The zero-order chi connectivity index (χ0) is 26.2. The Morgan fingerprint density at radius 2 is 1.31 bits per heavy atom. The average molecular weight is 539 g/mol. The second kappa shape index (κ2) is 24.3. The van der Waals surface area contributed by atoms with Crippen LogP contribution in [0.3, 0.4) is 0 Å². The maximum Gasteiger partial charge on any atom is 0.435 e. The first-order valence-electron chi connectivity index (χ1n) is 14.2. The average Bonchev–Trinajstić information content (AvgIpc) is 2.84. The van der Waals surface area contributed by atoms with Crippen molar-refractivity contribution in [2.24, 2.45) is 0 Å². The van der Waals surface area contributed by atoms with Gasteiger partial charge >= 0.3 is 13.3 Å². The maximum absolute atomic E-state index is 11.6. The fourth-order valence-corrected chi connectivity index (χ4v) is 6.09. The highest BCUT2D eigenvalue weighted by Crippen LogP contribution is 2.43. The van der Waals surface area contributed by atoms with E-state index in [-0.39, 0.29) is 12.7 Å². The minimum Gasteiger partial charge on any atom is -0.460 e. The molecule has 0 fully saturated rings. The van der Waals surface area contributed by atoms with Crippen LogP contribution in [0, 0.1) is 0 Å². The Labute approximate surface area is 220 Å². The zero-order valence-corrected chi connectivity index (χ0v) is 24.9. The van der Waals surface area contributed by atoms with Gasteiger partial charge in [0.05, 0.1) is 19.8 Å². The minimum absolute atomic E-state index is 0.0106. The molecule has 3 atom stereocenters. The van der Waals surface area contributed by atoms with E-state index in [1.807, 2.05) is 11.8 Å². The Bertz CT molecular complexity index is 534. The van der Waals surface area contributed by atoms with E-state index in [0.29, 0.717) is 18.3 Å². The summed E-state index contributed by atoms with van der Waals surface area (Å²) >= 11 is 2.05. The third-order valence-corrected chi connectivity index (χ3v) is 9.03. The van der Waals surface area contributed by atoms with Gasteiger partial charge in [0.1, 0.15) is 0 Å². The monoisotopic (exact) mass is 538 g/mol. The van der Waals surface area contributed by atoms with Crippen molar-refractivity contribution in [3.8, 4) is 0 Å². The summed E-state index contributed by atoms with van der Waals surface area (Å²) in [5.74, 6) is 1.18. The van der Waals surface area contributed by atoms with E-state index < -0.39 is 13.3 Å². The molecule has 0 aliphatic carbocycles. The predicted molar refractivity (Wildman–Crippen MR) is 150 cm³/mol. The van der Waals surface area contributed by atoms with E-state index in [0.717, 1.165) is 7.11 Å². The Balaban J connectivity index is 4.22. The van der Waals surface area contributed by atoms with Crippen molar-refractivity contribution in [1.82, 2.24) is 0 Å². The summed E-state index contributed by atoms with van der Waals surface area (Å²) in [5.41, 5.74) is -1.22. The number of carbonyl (C=O) groups excluding carboxylic acids is 1. The Kier molecular flexibility index (Phi) is 24.2. The SMILES string of the molecule is CCCCCCCCCCCSC(CCCCCCCC)C(C)OCCCOP(=O)(O)C(=O)OC. The van der Waals surface area contributed by atoms with Gasteiger partial charge in [-0.3, -0.25) is 0 Å². The lowest BCUT2D eigenvalue weighted by Gasteiger charge is -2.24. The van der Waals surface area contributed by atoms with Crippen LogP contribution in [0.1, 0.15) is 130 Å². The van der Waals surface area contributed by atoms with Crippen LogP contribution in [-0.2, 0) is 18.6 Å². The molecule has 0 aromatic rings. The Hall–Kier alpha value is -0.0700. The fourth-order valence-electron chi connectivity index (χ4n) is 4.02. The lowest BCUT2D eigenvalue weighted by Crippen LogP contribution is -2.25. The molecule has 0 saturated heterocycles. The zero-order valence-electron chi connectivity index (χ0n) is 23.1. The number of rotatable bonds is 26. The van der Waals surface area contributed by atoms with Gasteiger partial charge in [-0.2, -0.15) is 11.8 Å². The van der Waals surface area contributed by atoms with Gasteiger partial charge in [-0.1, -0.05) is 104 Å². The number of methoxy groups -OCH3 is 1. The third kappa shape index (κ3) is 20.6. The smallest absolute Gasteiger partial charge is 0.435 e. The first-order chi connectivity index (χ1) is 16.9. The molecule has 0 aliphatic rings. The highest BCUT2D eigenvalue weighted by Gasteiger charge is 2.31. The molecule has 0 bridgehead atoms. The second-order valence-electron chi connectivity index (χ2n) is 9.55. The number of thioether (sulfide) groups is 1. The molecule has 1 N–H and O–H groups in total. The number of ether oxygens (including phenoxy) is 2. The highest BCUT2D eigenvalue weighted by molar-refractivity contribution is 7.99. The molecule has 0 spiro atoms. The van der Waals surface area contributed by atoms with Crippen molar-refractivity contribution in [3.05, 3.63) is 0 Å². The van der Waals surface area contributed by atoms with Crippen LogP contribution in [0.4, 0.5) is 4.79 Å². The van der Waals surface area contributed by atoms with Crippen molar-refractivity contribution in [2.45, 2.75) is 141 Å². The van der Waals surface area contributed by atoms with Gasteiger partial charge in [-0.05, 0) is 31.9 Å². The van der Waals surface area contributed by atoms with Crippen LogP contribution in [0.15, 0.2) is 0 Å². The molecular weight excluding hydrogens is 483 g/mol. The van der Waals surface area contributed by atoms with E-state index in [9.17, 15) is 14.3 Å². The summed E-state index contributed by atoms with van der Waals surface area (Å²) in [6, 6.07) is 0. The molecule has 0 saturated carbocycles. The predicted octanol–water partition coefficient (Wildman–Crippen LogP) is 9.13. The second-order valence-corrected chi connectivity index (χ2v) is 12.6. The summed E-state index contributed by atoms with van der Waals surface area (Å²) in [7, 11) is -3.28. The van der Waals surface area contributed by atoms with Gasteiger partial charge in [0.15, 0.2) is 0 Å². The normalized spacial score (nSPS) is 15.0. The topological polar surface area (TPSA) is 82.1 Å². The maximum atomic E-state index is 11.6. The lowest BCUT2D eigenvalue weighted by molar-refractivity contribution is 0.0536. The van der Waals surface area contributed by atoms with E-state index in [1.54, 1.807) is 0 Å². The molecule has 3 unspecified atom stereocenters. The van der Waals surface area contributed by atoms with Crippen LogP contribution in [-0.4, -0.2) is 48.0 Å². The standard InChI is InChI=1S/C27H55O6PS/c1-5-7-9-11-13-14-15-17-19-24-35-26(21-18-16-12-10-8-6-2)25(3)32-22-20-23-33-34(29,30)27(28)31-4/h25-26H,5-24H2,1-4H3,(H,29,30). The summed E-state index contributed by atoms with van der Waals surface area (Å²) in [5, 5.41) is 0.468. The summed E-state index contributed by atoms with van der Waals surface area (Å²) in [6.45, 7) is 7.08. The molecule has 6 nitrogen and oxygen atoms in total. The Morgan fingerprint density at radius 1 is 0.800 bits per heavy atom. The molecule has 0 aromatic heterocycles. The number of hydrogen-bond donors (Lipinski definition) is 1. The van der Waals surface area contributed by atoms with Crippen LogP contribution in [0.5, 0.6) is 0 Å². The van der Waals surface area contributed by atoms with Crippen molar-refractivity contribution in [1.29, 1.82) is 0 Å². The van der Waals surface area contributed by atoms with Crippen molar-refractivity contribution in [3.63, 3.8) is 0 Å². The largest absolute Gasteiger partial charge is 0.460 e. The van der Waals surface area contributed by atoms with Gasteiger partial charge < -0.3 is 18.9 Å². The molecule has 210 valence electrons. The van der Waals surface area contributed by atoms with Gasteiger partial charge in [-0.25, -0.2) is 9.36 Å². The van der Waals surface area contributed by atoms with E-state index >= 15 is 0 Å².